The molecule has 0 fully saturated rings. The Labute approximate surface area is 103 Å². The van der Waals surface area contributed by atoms with Crippen LogP contribution in [0.4, 0.5) is 8.78 Å². The smallest absolute Gasteiger partial charge is 0.270 e. The maximum Gasteiger partial charge on any atom is 0.270 e. The van der Waals surface area contributed by atoms with Gasteiger partial charge >= 0.3 is 0 Å². The summed E-state index contributed by atoms with van der Waals surface area (Å²) in [7, 11) is 1.49. The van der Waals surface area contributed by atoms with E-state index in [9.17, 15) is 8.78 Å². The van der Waals surface area contributed by atoms with E-state index in [1.54, 1.807) is 18.2 Å². The number of hydrogen-bond acceptors (Lipinski definition) is 1. The predicted molar refractivity (Wildman–Crippen MR) is 63.6 cm³/mol. The average Bonchev–Trinajstić information content (AvgIpc) is 2.18. The lowest BCUT2D eigenvalue weighted by atomic mass is 10.2. The highest BCUT2D eigenvalue weighted by Gasteiger charge is 2.10. The van der Waals surface area contributed by atoms with E-state index in [1.807, 2.05) is 0 Å². The van der Waals surface area contributed by atoms with Crippen molar-refractivity contribution in [2.24, 2.45) is 0 Å². The molecule has 15 heavy (non-hydrogen) atoms. The van der Waals surface area contributed by atoms with E-state index < -0.39 is 6.43 Å². The molecule has 0 bridgehead atoms. The van der Waals surface area contributed by atoms with Crippen LogP contribution in [0.5, 0.6) is 5.75 Å². The Morgan fingerprint density at radius 3 is 2.67 bits per heavy atom. The van der Waals surface area contributed by atoms with Crippen LogP contribution in [0.3, 0.4) is 0 Å². The lowest BCUT2D eigenvalue weighted by Gasteiger charge is -2.07. The second-order valence-corrected chi connectivity index (χ2v) is 4.46. The Bertz CT molecular complexity index is 378. The molecule has 1 aromatic carbocycles. The molecule has 0 aromatic heterocycles. The van der Waals surface area contributed by atoms with Gasteiger partial charge in [-0.05, 0) is 44.0 Å². The average molecular weight is 342 g/mol. The van der Waals surface area contributed by atoms with Crippen molar-refractivity contribution in [3.63, 3.8) is 0 Å². The van der Waals surface area contributed by atoms with Crippen molar-refractivity contribution in [1.82, 2.24) is 0 Å². The minimum absolute atomic E-state index is 0.168. The normalized spacial score (nSPS) is 12.0. The highest BCUT2D eigenvalue weighted by Crippen LogP contribution is 2.31. The molecule has 1 nitrogen and oxygen atoms in total. The summed E-state index contributed by atoms with van der Waals surface area (Å²) in [6.45, 7) is 0. The van der Waals surface area contributed by atoms with Gasteiger partial charge < -0.3 is 4.74 Å². The lowest BCUT2D eigenvalue weighted by Crippen LogP contribution is -1.91. The largest absolute Gasteiger partial charge is 0.495 e. The Balaban J connectivity index is 3.15. The number of benzene rings is 1. The zero-order valence-electron chi connectivity index (χ0n) is 7.81. The van der Waals surface area contributed by atoms with Crippen molar-refractivity contribution in [2.75, 3.05) is 7.11 Å². The fraction of sp³-hybridized carbons (Fsp3) is 0.200. The molecule has 0 atom stereocenters. The molecule has 0 amide bonds. The van der Waals surface area contributed by atoms with Crippen LogP contribution < -0.4 is 4.74 Å². The number of alkyl halides is 2. The van der Waals surface area contributed by atoms with Crippen LogP contribution in [0.2, 0.25) is 0 Å². The van der Waals surface area contributed by atoms with Crippen LogP contribution in [0.15, 0.2) is 27.2 Å². The van der Waals surface area contributed by atoms with Gasteiger partial charge in [0.1, 0.15) is 5.75 Å². The molecule has 82 valence electrons. The number of allylic oxidation sites excluding steroid dienone is 1. The van der Waals surface area contributed by atoms with E-state index in [1.165, 1.54) is 13.2 Å². The molecule has 1 rings (SSSR count). The van der Waals surface area contributed by atoms with Crippen LogP contribution in [0.1, 0.15) is 5.56 Å². The van der Waals surface area contributed by atoms with E-state index in [0.29, 0.717) is 11.3 Å². The third-order valence-electron chi connectivity index (χ3n) is 1.70. The van der Waals surface area contributed by atoms with Gasteiger partial charge in [0.05, 0.1) is 16.1 Å². The second-order valence-electron chi connectivity index (χ2n) is 2.69. The van der Waals surface area contributed by atoms with Crippen LogP contribution in [0.25, 0.3) is 6.08 Å². The van der Waals surface area contributed by atoms with E-state index in [2.05, 4.69) is 31.9 Å². The Hall–Kier alpha value is -0.420. The molecule has 1 aromatic rings. The molecule has 0 unspecified atom stereocenters. The first-order valence-corrected chi connectivity index (χ1v) is 5.62. The van der Waals surface area contributed by atoms with E-state index >= 15 is 0 Å². The zero-order valence-corrected chi connectivity index (χ0v) is 11.0. The van der Waals surface area contributed by atoms with Crippen molar-refractivity contribution in [1.29, 1.82) is 0 Å². The summed E-state index contributed by atoms with van der Waals surface area (Å²) < 4.78 is 30.2. The van der Waals surface area contributed by atoms with Gasteiger partial charge in [0.2, 0.25) is 0 Å². The molecule has 0 aliphatic carbocycles. The molecule has 0 radical (unpaired) electrons. The van der Waals surface area contributed by atoms with Gasteiger partial charge in [-0.25, -0.2) is 8.78 Å². The molecule has 0 saturated heterocycles. The number of methoxy groups -OCH3 is 1. The molecule has 0 aliphatic heterocycles. The number of halogens is 4. The summed E-state index contributed by atoms with van der Waals surface area (Å²) in [5, 5.41) is 0. The molecule has 0 N–H and O–H groups in total. The monoisotopic (exact) mass is 340 g/mol. The Morgan fingerprint density at radius 2 is 2.13 bits per heavy atom. The highest BCUT2D eigenvalue weighted by molar-refractivity contribution is 9.11. The van der Waals surface area contributed by atoms with Gasteiger partial charge in [0.15, 0.2) is 0 Å². The predicted octanol–water partition coefficient (Wildman–Crippen LogP) is 4.46. The number of ether oxygens (including phenoxy) is 1. The third-order valence-corrected chi connectivity index (χ3v) is 2.90. The Morgan fingerprint density at radius 1 is 1.47 bits per heavy atom. The summed E-state index contributed by atoms with van der Waals surface area (Å²) >= 11 is 6.08. The van der Waals surface area contributed by atoms with Crippen molar-refractivity contribution in [3.8, 4) is 5.75 Å². The van der Waals surface area contributed by atoms with Crippen LogP contribution in [0, 0.1) is 0 Å². The molecule has 0 spiro atoms. The van der Waals surface area contributed by atoms with Crippen molar-refractivity contribution in [3.05, 3.63) is 32.7 Å². The van der Waals surface area contributed by atoms with E-state index in [-0.39, 0.29) is 4.48 Å². The SMILES string of the molecule is COc1c(Br)cccc1/C=C(\Br)C(F)F. The second kappa shape index (κ2) is 5.61. The highest BCUT2D eigenvalue weighted by atomic mass is 79.9. The maximum atomic E-state index is 12.3. The number of rotatable bonds is 3. The molecule has 5 heteroatoms. The molecular formula is C10H8Br2F2O. The summed E-state index contributed by atoms with van der Waals surface area (Å²) in [6, 6.07) is 5.24. The first-order valence-electron chi connectivity index (χ1n) is 4.04. The van der Waals surface area contributed by atoms with Gasteiger partial charge in [-0.15, -0.1) is 0 Å². The minimum atomic E-state index is -2.52. The fourth-order valence-corrected chi connectivity index (χ4v) is 1.86. The first-order chi connectivity index (χ1) is 7.06. The van der Waals surface area contributed by atoms with E-state index in [0.717, 1.165) is 4.47 Å². The number of hydrogen-bond donors (Lipinski definition) is 0. The molecule has 0 aliphatic rings. The summed E-state index contributed by atoms with van der Waals surface area (Å²) in [4.78, 5) is 0. The topological polar surface area (TPSA) is 9.23 Å². The maximum absolute atomic E-state index is 12.3. The first kappa shape index (κ1) is 12.6. The molecular weight excluding hydrogens is 334 g/mol. The van der Waals surface area contributed by atoms with Crippen molar-refractivity contribution < 1.29 is 13.5 Å². The van der Waals surface area contributed by atoms with Crippen LogP contribution >= 0.6 is 31.9 Å². The lowest BCUT2D eigenvalue weighted by molar-refractivity contribution is 0.202. The quantitative estimate of drug-likeness (QED) is 0.788. The molecule has 0 heterocycles. The zero-order chi connectivity index (χ0) is 11.4. The van der Waals surface area contributed by atoms with Gasteiger partial charge in [-0.1, -0.05) is 12.1 Å². The van der Waals surface area contributed by atoms with Gasteiger partial charge in [-0.2, -0.15) is 0 Å². The third kappa shape index (κ3) is 3.28. The van der Waals surface area contributed by atoms with Gasteiger partial charge in [-0.3, -0.25) is 0 Å². The van der Waals surface area contributed by atoms with Gasteiger partial charge in [0.25, 0.3) is 6.43 Å². The minimum Gasteiger partial charge on any atom is -0.495 e. The van der Waals surface area contributed by atoms with Crippen molar-refractivity contribution >= 4 is 37.9 Å². The van der Waals surface area contributed by atoms with E-state index in [4.69, 9.17) is 4.74 Å². The molecule has 0 saturated carbocycles. The summed E-state index contributed by atoms with van der Waals surface area (Å²) in [5.41, 5.74) is 0.596. The standard InChI is InChI=1S/C10H8Br2F2O/c1-15-9-6(3-2-4-7(9)11)5-8(12)10(13)14/h2-5,10H,1H3/b8-5-. The van der Waals surface area contributed by atoms with Gasteiger partial charge in [0, 0.05) is 5.56 Å². The summed E-state index contributed by atoms with van der Waals surface area (Å²) in [6.07, 6.45) is -1.18. The number of para-hydroxylation sites is 1. The van der Waals surface area contributed by atoms with Crippen LogP contribution in [-0.4, -0.2) is 13.5 Å². The Kier molecular flexibility index (Phi) is 4.73. The fourth-order valence-electron chi connectivity index (χ4n) is 1.07. The summed E-state index contributed by atoms with van der Waals surface area (Å²) in [5.74, 6) is 0.537. The van der Waals surface area contributed by atoms with Crippen LogP contribution in [-0.2, 0) is 0 Å². The van der Waals surface area contributed by atoms with Crippen molar-refractivity contribution in [2.45, 2.75) is 6.43 Å².